The van der Waals surface area contributed by atoms with E-state index in [1.165, 1.54) is 25.2 Å². The van der Waals surface area contributed by atoms with Gasteiger partial charge in [-0.25, -0.2) is 13.4 Å². The van der Waals surface area contributed by atoms with E-state index in [-0.39, 0.29) is 12.2 Å². The number of Topliss-reactive ketones (excluding diaryl/α,β-unsaturated/α-hetero) is 1. The zero-order valence-electron chi connectivity index (χ0n) is 13.7. The van der Waals surface area contributed by atoms with Crippen molar-refractivity contribution in [1.82, 2.24) is 4.98 Å². The maximum atomic E-state index is 12.5. The van der Waals surface area contributed by atoms with Crippen molar-refractivity contribution in [2.24, 2.45) is 0 Å². The van der Waals surface area contributed by atoms with Crippen LogP contribution in [0.15, 0.2) is 35.7 Å². The fourth-order valence-corrected chi connectivity index (χ4v) is 4.60. The lowest BCUT2D eigenvalue weighted by molar-refractivity contribution is -0.120. The van der Waals surface area contributed by atoms with Crippen molar-refractivity contribution >= 4 is 27.0 Å². The average Bonchev–Trinajstić information content (AvgIpc) is 2.96. The summed E-state index contributed by atoms with van der Waals surface area (Å²) in [7, 11) is -3.51. The summed E-state index contributed by atoms with van der Waals surface area (Å²) in [5, 5.41) is 1.94. The highest BCUT2D eigenvalue weighted by atomic mass is 32.2. The Morgan fingerprint density at radius 3 is 2.39 bits per heavy atom. The van der Waals surface area contributed by atoms with Crippen LogP contribution in [0.5, 0.6) is 0 Å². The molecule has 0 amide bonds. The molecule has 6 heteroatoms. The summed E-state index contributed by atoms with van der Waals surface area (Å²) in [6.45, 7) is 6.16. The van der Waals surface area contributed by atoms with Crippen molar-refractivity contribution < 1.29 is 13.2 Å². The summed E-state index contributed by atoms with van der Waals surface area (Å²) in [6.07, 6.45) is 0.0381. The number of thiazole rings is 1. The Morgan fingerprint density at radius 2 is 1.83 bits per heavy atom. The zero-order valence-corrected chi connectivity index (χ0v) is 15.4. The van der Waals surface area contributed by atoms with Crippen LogP contribution in [0.2, 0.25) is 0 Å². The second-order valence-corrected chi connectivity index (χ2v) is 10.2. The van der Waals surface area contributed by atoms with Crippen LogP contribution in [0, 0.1) is 0 Å². The molecule has 0 aliphatic rings. The molecular formula is C17H21NO3S2. The number of hydrogen-bond donors (Lipinski definition) is 0. The van der Waals surface area contributed by atoms with E-state index in [2.05, 4.69) is 4.98 Å². The van der Waals surface area contributed by atoms with Crippen LogP contribution >= 0.6 is 11.3 Å². The van der Waals surface area contributed by atoms with E-state index in [9.17, 15) is 13.2 Å². The molecule has 0 bridgehead atoms. The van der Waals surface area contributed by atoms with E-state index in [0.717, 1.165) is 11.3 Å². The first-order chi connectivity index (χ1) is 10.7. The van der Waals surface area contributed by atoms with Crippen molar-refractivity contribution in [3.05, 3.63) is 40.7 Å². The smallest absolute Gasteiger partial charge is 0.164 e. The summed E-state index contributed by atoms with van der Waals surface area (Å²) in [5.41, 5.74) is 1.79. The molecule has 4 nitrogen and oxygen atoms in total. The molecule has 1 aromatic carbocycles. The fraction of sp³-hybridized carbons (Fsp3) is 0.412. The van der Waals surface area contributed by atoms with Gasteiger partial charge < -0.3 is 0 Å². The Bertz CT molecular complexity index is 790. The van der Waals surface area contributed by atoms with Crippen LogP contribution < -0.4 is 0 Å². The van der Waals surface area contributed by atoms with Crippen LogP contribution in [-0.4, -0.2) is 29.2 Å². The SMILES string of the molecule is CC(C)S(=O)(=O)C(C)(C)C(=O)Cc1nc(-c2ccccc2)cs1. The van der Waals surface area contributed by atoms with Crippen LogP contribution in [0.1, 0.15) is 32.7 Å². The molecule has 0 saturated carbocycles. The van der Waals surface area contributed by atoms with Gasteiger partial charge in [-0.2, -0.15) is 0 Å². The van der Waals surface area contributed by atoms with Gasteiger partial charge >= 0.3 is 0 Å². The Kier molecular flexibility index (Phi) is 5.06. The molecule has 1 heterocycles. The van der Waals surface area contributed by atoms with Crippen LogP contribution in [-0.2, 0) is 21.1 Å². The number of nitrogens with zero attached hydrogens (tertiary/aromatic N) is 1. The monoisotopic (exact) mass is 351 g/mol. The number of ketones is 1. The fourth-order valence-electron chi connectivity index (χ4n) is 2.23. The van der Waals surface area contributed by atoms with Gasteiger partial charge in [-0.3, -0.25) is 4.79 Å². The third kappa shape index (κ3) is 3.53. The van der Waals surface area contributed by atoms with Gasteiger partial charge in [-0.05, 0) is 27.7 Å². The molecule has 0 saturated heterocycles. The molecular weight excluding hydrogens is 330 g/mol. The summed E-state index contributed by atoms with van der Waals surface area (Å²) < 4.78 is 23.3. The van der Waals surface area contributed by atoms with Gasteiger partial charge in [0.05, 0.1) is 17.4 Å². The number of carbonyl (C=O) groups excluding carboxylic acids is 1. The highest BCUT2D eigenvalue weighted by Gasteiger charge is 2.43. The number of benzene rings is 1. The maximum absolute atomic E-state index is 12.5. The number of rotatable bonds is 6. The number of sulfone groups is 1. The van der Waals surface area contributed by atoms with Crippen LogP contribution in [0.3, 0.4) is 0 Å². The minimum Gasteiger partial charge on any atom is -0.297 e. The Morgan fingerprint density at radius 1 is 1.22 bits per heavy atom. The molecule has 0 unspecified atom stereocenters. The molecule has 0 aliphatic heterocycles. The third-order valence-electron chi connectivity index (χ3n) is 3.94. The van der Waals surface area contributed by atoms with E-state index in [1.54, 1.807) is 13.8 Å². The molecule has 23 heavy (non-hydrogen) atoms. The molecule has 124 valence electrons. The van der Waals surface area contributed by atoms with E-state index in [1.807, 2.05) is 35.7 Å². The third-order valence-corrected chi connectivity index (χ3v) is 7.68. The largest absolute Gasteiger partial charge is 0.297 e. The minimum absolute atomic E-state index is 0.0381. The van der Waals surface area contributed by atoms with Crippen molar-refractivity contribution in [3.8, 4) is 11.3 Å². The molecule has 0 radical (unpaired) electrons. The lowest BCUT2D eigenvalue weighted by Crippen LogP contribution is -2.45. The summed E-state index contributed by atoms with van der Waals surface area (Å²) in [4.78, 5) is 17.0. The molecule has 0 fully saturated rings. The molecule has 0 spiro atoms. The summed E-state index contributed by atoms with van der Waals surface area (Å²) >= 11 is 1.38. The molecule has 0 atom stereocenters. The first kappa shape index (κ1) is 17.8. The van der Waals surface area contributed by atoms with Gasteiger partial charge in [0, 0.05) is 10.9 Å². The van der Waals surface area contributed by atoms with Gasteiger partial charge in [0.25, 0.3) is 0 Å². The maximum Gasteiger partial charge on any atom is 0.164 e. The highest BCUT2D eigenvalue weighted by molar-refractivity contribution is 7.94. The normalized spacial score (nSPS) is 12.6. The Labute approximate surface area is 141 Å². The van der Waals surface area contributed by atoms with Crippen molar-refractivity contribution in [2.45, 2.75) is 44.1 Å². The van der Waals surface area contributed by atoms with Gasteiger partial charge in [-0.15, -0.1) is 11.3 Å². The van der Waals surface area contributed by atoms with Crippen molar-refractivity contribution in [3.63, 3.8) is 0 Å². The number of carbonyl (C=O) groups is 1. The molecule has 1 aromatic heterocycles. The van der Waals surface area contributed by atoms with E-state index < -0.39 is 19.8 Å². The van der Waals surface area contributed by atoms with Gasteiger partial charge in [0.2, 0.25) is 0 Å². The van der Waals surface area contributed by atoms with E-state index in [4.69, 9.17) is 0 Å². The molecule has 0 aliphatic carbocycles. The quantitative estimate of drug-likeness (QED) is 0.799. The molecule has 2 rings (SSSR count). The topological polar surface area (TPSA) is 64.1 Å². The summed E-state index contributed by atoms with van der Waals surface area (Å²) in [5.74, 6) is -0.319. The first-order valence-corrected chi connectivity index (χ1v) is 9.85. The van der Waals surface area contributed by atoms with Gasteiger partial charge in [-0.1, -0.05) is 30.3 Å². The first-order valence-electron chi connectivity index (χ1n) is 7.43. The van der Waals surface area contributed by atoms with Crippen LogP contribution in [0.4, 0.5) is 0 Å². The van der Waals surface area contributed by atoms with Crippen molar-refractivity contribution in [1.29, 1.82) is 0 Å². The highest BCUT2D eigenvalue weighted by Crippen LogP contribution is 2.27. The van der Waals surface area contributed by atoms with Crippen molar-refractivity contribution in [2.75, 3.05) is 0 Å². The lowest BCUT2D eigenvalue weighted by Gasteiger charge is -2.25. The Balaban J connectivity index is 2.20. The second kappa shape index (κ2) is 6.53. The van der Waals surface area contributed by atoms with Crippen LogP contribution in [0.25, 0.3) is 11.3 Å². The zero-order chi connectivity index (χ0) is 17.3. The van der Waals surface area contributed by atoms with E-state index >= 15 is 0 Å². The predicted molar refractivity (Wildman–Crippen MR) is 94.4 cm³/mol. The Hall–Kier alpha value is -1.53. The van der Waals surface area contributed by atoms with E-state index in [0.29, 0.717) is 5.01 Å². The van der Waals surface area contributed by atoms with Gasteiger partial charge in [0.15, 0.2) is 15.6 Å². The standard InChI is InChI=1S/C17H21NO3S2/c1-12(2)23(20,21)17(3,4)15(19)10-16-18-14(11-22-16)13-8-6-5-7-9-13/h5-9,11-12H,10H2,1-4H3. The van der Waals surface area contributed by atoms with Gasteiger partial charge in [0.1, 0.15) is 9.75 Å². The number of hydrogen-bond acceptors (Lipinski definition) is 5. The second-order valence-electron chi connectivity index (χ2n) is 6.20. The molecule has 0 N–H and O–H groups in total. The average molecular weight is 351 g/mol. The molecule has 2 aromatic rings. The lowest BCUT2D eigenvalue weighted by atomic mass is 10.1. The predicted octanol–water partition coefficient (Wildman–Crippen LogP) is 3.52. The summed E-state index contributed by atoms with van der Waals surface area (Å²) in [6, 6.07) is 9.69. The number of aromatic nitrogens is 1. The minimum atomic E-state index is -3.51.